The smallest absolute Gasteiger partial charge is 0.272 e. The number of ether oxygens (including phenoxy) is 2. The zero-order valence-electron chi connectivity index (χ0n) is 22.2. The number of aromatic nitrogens is 1. The lowest BCUT2D eigenvalue weighted by molar-refractivity contribution is 0.0956. The van der Waals surface area contributed by atoms with Crippen LogP contribution in [0.5, 0.6) is 11.5 Å². The van der Waals surface area contributed by atoms with Gasteiger partial charge in [-0.15, -0.1) is 0 Å². The number of rotatable bonds is 9. The fourth-order valence-electron chi connectivity index (χ4n) is 4.25. The third kappa shape index (κ3) is 6.30. The first-order valence-corrected chi connectivity index (χ1v) is 13.3. The molecule has 1 amide bonds. The average Bonchev–Trinajstić information content (AvgIpc) is 2.97. The number of aryl methyl sites for hydroxylation is 1. The van der Waals surface area contributed by atoms with Crippen LogP contribution in [0.1, 0.15) is 34.0 Å². The monoisotopic (exact) mass is 549 g/mol. The van der Waals surface area contributed by atoms with E-state index in [1.807, 2.05) is 92.7 Å². The van der Waals surface area contributed by atoms with Crippen LogP contribution in [0.4, 0.5) is 0 Å². The highest BCUT2D eigenvalue weighted by atomic mass is 35.5. The first-order valence-electron chi connectivity index (χ1n) is 12.9. The summed E-state index contributed by atoms with van der Waals surface area (Å²) in [5, 5.41) is 5.33. The molecule has 1 N–H and O–H groups in total. The zero-order valence-corrected chi connectivity index (χ0v) is 23.0. The van der Waals surface area contributed by atoms with E-state index in [-0.39, 0.29) is 5.91 Å². The Bertz CT molecular complexity index is 1670. The summed E-state index contributed by atoms with van der Waals surface area (Å²) >= 11 is 6.58. The molecule has 0 fully saturated rings. The molecule has 0 spiro atoms. The molecule has 0 unspecified atom stereocenters. The number of halogens is 1. The number of pyridine rings is 1. The van der Waals surface area contributed by atoms with Gasteiger partial charge in [0.15, 0.2) is 11.5 Å². The number of amides is 1. The number of para-hydroxylation sites is 1. The summed E-state index contributed by atoms with van der Waals surface area (Å²) in [5.41, 5.74) is 8.35. The largest absolute Gasteiger partial charge is 0.490 e. The van der Waals surface area contributed by atoms with Gasteiger partial charge in [-0.1, -0.05) is 90.0 Å². The molecule has 0 atom stereocenters. The molecule has 0 aliphatic heterocycles. The molecule has 1 heterocycles. The standard InChI is InChI=1S/C33H28ClN3O3/c1-3-39-31-18-24(17-28(34)32(31)40-21-23-15-13-22(2)14-16-23)20-35-37-33(38)27-19-30(25-9-5-4-6-10-25)36-29-12-8-7-11-26(27)29/h4-20H,3,21H2,1-2H3,(H,37,38)/b35-20+. The minimum Gasteiger partial charge on any atom is -0.490 e. The Morgan fingerprint density at radius 2 is 1.70 bits per heavy atom. The minimum absolute atomic E-state index is 0.346. The molecule has 0 aliphatic carbocycles. The molecule has 0 bridgehead atoms. The molecule has 0 saturated heterocycles. The van der Waals surface area contributed by atoms with Crippen molar-refractivity contribution in [3.63, 3.8) is 0 Å². The van der Waals surface area contributed by atoms with Crippen molar-refractivity contribution in [2.45, 2.75) is 20.5 Å². The second-order valence-corrected chi connectivity index (χ2v) is 9.58. The van der Waals surface area contributed by atoms with Gasteiger partial charge < -0.3 is 9.47 Å². The normalized spacial score (nSPS) is 11.1. The van der Waals surface area contributed by atoms with Crippen molar-refractivity contribution >= 4 is 34.6 Å². The van der Waals surface area contributed by atoms with Gasteiger partial charge >= 0.3 is 0 Å². The topological polar surface area (TPSA) is 72.8 Å². The van der Waals surface area contributed by atoms with E-state index in [2.05, 4.69) is 10.5 Å². The van der Waals surface area contributed by atoms with Crippen LogP contribution in [0.25, 0.3) is 22.2 Å². The Hall–Kier alpha value is -4.68. The van der Waals surface area contributed by atoms with Gasteiger partial charge in [-0.05, 0) is 49.2 Å². The van der Waals surface area contributed by atoms with E-state index in [9.17, 15) is 4.79 Å². The van der Waals surface area contributed by atoms with Crippen LogP contribution in [-0.2, 0) is 6.61 Å². The molecule has 0 aliphatic rings. The number of hydrogen-bond donors (Lipinski definition) is 1. The number of carbonyl (C=O) groups excluding carboxylic acids is 1. The van der Waals surface area contributed by atoms with Crippen molar-refractivity contribution in [3.05, 3.63) is 124 Å². The third-order valence-corrected chi connectivity index (χ3v) is 6.53. The lowest BCUT2D eigenvalue weighted by atomic mass is 10.0. The Balaban J connectivity index is 1.36. The van der Waals surface area contributed by atoms with Crippen molar-refractivity contribution in [2.24, 2.45) is 5.10 Å². The first kappa shape index (κ1) is 26.9. The van der Waals surface area contributed by atoms with Crippen LogP contribution in [-0.4, -0.2) is 23.7 Å². The highest BCUT2D eigenvalue weighted by Crippen LogP contribution is 2.37. The van der Waals surface area contributed by atoms with E-state index >= 15 is 0 Å². The fourth-order valence-corrected chi connectivity index (χ4v) is 4.52. The third-order valence-electron chi connectivity index (χ3n) is 6.25. The van der Waals surface area contributed by atoms with Crippen LogP contribution in [0.15, 0.2) is 102 Å². The van der Waals surface area contributed by atoms with Crippen LogP contribution >= 0.6 is 11.6 Å². The molecule has 0 radical (unpaired) electrons. The molecule has 40 heavy (non-hydrogen) atoms. The van der Waals surface area contributed by atoms with Gasteiger partial charge in [-0.2, -0.15) is 5.10 Å². The van der Waals surface area contributed by atoms with Gasteiger partial charge in [0.2, 0.25) is 0 Å². The van der Waals surface area contributed by atoms with Crippen molar-refractivity contribution in [1.29, 1.82) is 0 Å². The van der Waals surface area contributed by atoms with Crippen molar-refractivity contribution in [2.75, 3.05) is 6.61 Å². The number of carbonyl (C=O) groups is 1. The summed E-state index contributed by atoms with van der Waals surface area (Å²) in [6.45, 7) is 4.72. The van der Waals surface area contributed by atoms with Gasteiger partial charge in [0, 0.05) is 10.9 Å². The van der Waals surface area contributed by atoms with Crippen molar-refractivity contribution in [3.8, 4) is 22.8 Å². The maximum Gasteiger partial charge on any atom is 0.272 e. The lowest BCUT2D eigenvalue weighted by Gasteiger charge is -2.14. The summed E-state index contributed by atoms with van der Waals surface area (Å²) in [6, 6.07) is 30.7. The van der Waals surface area contributed by atoms with E-state index in [0.717, 1.165) is 22.0 Å². The van der Waals surface area contributed by atoms with Crippen LogP contribution in [0.3, 0.4) is 0 Å². The van der Waals surface area contributed by atoms with Crippen LogP contribution in [0, 0.1) is 6.92 Å². The van der Waals surface area contributed by atoms with Gasteiger partial charge in [0.25, 0.3) is 5.91 Å². The molecular weight excluding hydrogens is 522 g/mol. The van der Waals surface area contributed by atoms with E-state index in [4.69, 9.17) is 26.1 Å². The summed E-state index contributed by atoms with van der Waals surface area (Å²) < 4.78 is 11.8. The number of hydrogen-bond acceptors (Lipinski definition) is 5. The molecule has 7 heteroatoms. The Kier molecular flexibility index (Phi) is 8.38. The molecule has 5 rings (SSSR count). The highest BCUT2D eigenvalue weighted by molar-refractivity contribution is 6.32. The first-order chi connectivity index (χ1) is 19.5. The number of hydrazone groups is 1. The van der Waals surface area contributed by atoms with Crippen LogP contribution < -0.4 is 14.9 Å². The Morgan fingerprint density at radius 1 is 0.950 bits per heavy atom. The van der Waals surface area contributed by atoms with Crippen LogP contribution in [0.2, 0.25) is 5.02 Å². The quantitative estimate of drug-likeness (QED) is 0.152. The van der Waals surface area contributed by atoms with E-state index in [1.54, 1.807) is 18.2 Å². The molecule has 6 nitrogen and oxygen atoms in total. The second-order valence-electron chi connectivity index (χ2n) is 9.17. The highest BCUT2D eigenvalue weighted by Gasteiger charge is 2.15. The summed E-state index contributed by atoms with van der Waals surface area (Å²) in [7, 11) is 0. The Morgan fingerprint density at radius 3 is 2.48 bits per heavy atom. The fraction of sp³-hybridized carbons (Fsp3) is 0.121. The van der Waals surface area contributed by atoms with Gasteiger partial charge in [-0.25, -0.2) is 10.4 Å². The lowest BCUT2D eigenvalue weighted by Crippen LogP contribution is -2.18. The number of fused-ring (bicyclic) bond motifs is 1. The minimum atomic E-state index is -0.346. The van der Waals surface area contributed by atoms with Gasteiger partial charge in [0.1, 0.15) is 6.61 Å². The zero-order chi connectivity index (χ0) is 27.9. The molecule has 4 aromatic carbocycles. The SMILES string of the molecule is CCOc1cc(/C=N/NC(=O)c2cc(-c3ccccc3)nc3ccccc23)cc(Cl)c1OCc1ccc(C)cc1. The summed E-state index contributed by atoms with van der Waals surface area (Å²) in [6.07, 6.45) is 1.53. The Labute approximate surface area is 238 Å². The summed E-state index contributed by atoms with van der Waals surface area (Å²) in [4.78, 5) is 18.0. The molecular formula is C33H28ClN3O3. The average molecular weight is 550 g/mol. The number of benzene rings is 4. The number of nitrogens with one attached hydrogen (secondary N) is 1. The predicted octanol–water partition coefficient (Wildman–Crippen LogP) is 7.61. The van der Waals surface area contributed by atoms with E-state index in [0.29, 0.717) is 46.6 Å². The number of nitrogens with zero attached hydrogens (tertiary/aromatic N) is 2. The van der Waals surface area contributed by atoms with E-state index < -0.39 is 0 Å². The molecule has 200 valence electrons. The molecule has 0 saturated carbocycles. The van der Waals surface area contributed by atoms with Gasteiger partial charge in [-0.3, -0.25) is 4.79 Å². The molecule has 5 aromatic rings. The summed E-state index contributed by atoms with van der Waals surface area (Å²) in [5.74, 6) is 0.616. The predicted molar refractivity (Wildman–Crippen MR) is 160 cm³/mol. The maximum atomic E-state index is 13.2. The maximum absolute atomic E-state index is 13.2. The second kappa shape index (κ2) is 12.5. The van der Waals surface area contributed by atoms with Gasteiger partial charge in [0.05, 0.1) is 34.6 Å². The van der Waals surface area contributed by atoms with Crippen molar-refractivity contribution in [1.82, 2.24) is 10.4 Å². The van der Waals surface area contributed by atoms with E-state index in [1.165, 1.54) is 11.8 Å². The molecule has 1 aromatic heterocycles. The van der Waals surface area contributed by atoms with Crippen molar-refractivity contribution < 1.29 is 14.3 Å².